The molecule has 1 aromatic carbocycles. The smallest absolute Gasteiger partial charge is 0.347 e. The number of hydrogen-bond donors (Lipinski definition) is 0. The van der Waals surface area contributed by atoms with Crippen LogP contribution in [0.15, 0.2) is 44.2 Å². The maximum absolute atomic E-state index is 11.6. The van der Waals surface area contributed by atoms with E-state index in [9.17, 15) is 9.59 Å². The van der Waals surface area contributed by atoms with Crippen LogP contribution in [0.1, 0.15) is 17.3 Å². The topological polar surface area (TPSA) is 60.4 Å². The Labute approximate surface area is 95.4 Å². The summed E-state index contributed by atoms with van der Waals surface area (Å²) in [6.07, 6.45) is 1.53. The summed E-state index contributed by atoms with van der Waals surface area (Å²) >= 11 is 0. The van der Waals surface area contributed by atoms with E-state index in [0.29, 0.717) is 16.6 Å². The Balaban J connectivity index is 2.51. The molecule has 0 fully saturated rings. The van der Waals surface area contributed by atoms with E-state index in [4.69, 9.17) is 8.83 Å². The Morgan fingerprint density at radius 3 is 2.82 bits per heavy atom. The van der Waals surface area contributed by atoms with E-state index >= 15 is 0 Å². The number of ketones is 1. The SMILES string of the molecule is CC(=O)c1cc2ccc3occc3c2oc1=O. The lowest BCUT2D eigenvalue weighted by Crippen LogP contribution is -2.10. The van der Waals surface area contributed by atoms with Gasteiger partial charge in [-0.25, -0.2) is 4.79 Å². The number of hydrogen-bond acceptors (Lipinski definition) is 4. The summed E-state index contributed by atoms with van der Waals surface area (Å²) < 4.78 is 10.4. The molecule has 0 aliphatic carbocycles. The van der Waals surface area contributed by atoms with Crippen LogP contribution in [-0.2, 0) is 0 Å². The minimum atomic E-state index is -0.612. The van der Waals surface area contributed by atoms with Crippen molar-refractivity contribution in [3.05, 3.63) is 46.5 Å². The Morgan fingerprint density at radius 2 is 2.06 bits per heavy atom. The molecular formula is C13H8O4. The highest BCUT2D eigenvalue weighted by atomic mass is 16.4. The number of carbonyl (C=O) groups is 1. The number of benzene rings is 1. The summed E-state index contributed by atoms with van der Waals surface area (Å²) in [6.45, 7) is 1.34. The number of fused-ring (bicyclic) bond motifs is 3. The van der Waals surface area contributed by atoms with Gasteiger partial charge >= 0.3 is 5.63 Å². The molecule has 0 unspecified atom stereocenters. The molecule has 4 heteroatoms. The van der Waals surface area contributed by atoms with Gasteiger partial charge < -0.3 is 8.83 Å². The van der Waals surface area contributed by atoms with Crippen LogP contribution in [0, 0.1) is 0 Å². The first-order valence-corrected chi connectivity index (χ1v) is 5.12. The molecule has 4 nitrogen and oxygen atoms in total. The molecule has 0 N–H and O–H groups in total. The standard InChI is InChI=1S/C13H8O4/c1-7(14)10-6-8-2-3-11-9(4-5-16-11)12(8)17-13(10)15/h2-6H,1H3. The summed E-state index contributed by atoms with van der Waals surface area (Å²) in [5.41, 5.74) is 0.557. The Hall–Kier alpha value is -2.36. The average Bonchev–Trinajstić information content (AvgIpc) is 2.76. The third-order valence-corrected chi connectivity index (χ3v) is 2.71. The Kier molecular flexibility index (Phi) is 1.92. The molecule has 0 atom stereocenters. The van der Waals surface area contributed by atoms with Crippen LogP contribution in [0.2, 0.25) is 0 Å². The van der Waals surface area contributed by atoms with E-state index in [-0.39, 0.29) is 11.3 Å². The quantitative estimate of drug-likeness (QED) is 0.474. The molecule has 2 aromatic heterocycles. The van der Waals surface area contributed by atoms with Crippen molar-refractivity contribution in [2.24, 2.45) is 0 Å². The van der Waals surface area contributed by atoms with Crippen molar-refractivity contribution in [3.63, 3.8) is 0 Å². The molecule has 0 aliphatic heterocycles. The van der Waals surface area contributed by atoms with E-state index in [0.717, 1.165) is 5.39 Å². The molecule has 0 radical (unpaired) electrons. The van der Waals surface area contributed by atoms with Gasteiger partial charge in [-0.2, -0.15) is 0 Å². The van der Waals surface area contributed by atoms with Crippen molar-refractivity contribution in [1.82, 2.24) is 0 Å². The van der Waals surface area contributed by atoms with Crippen LogP contribution in [-0.4, -0.2) is 5.78 Å². The second-order valence-electron chi connectivity index (χ2n) is 3.82. The summed E-state index contributed by atoms with van der Waals surface area (Å²) in [5.74, 6) is -0.298. The van der Waals surface area contributed by atoms with Crippen molar-refractivity contribution in [2.75, 3.05) is 0 Å². The molecule has 84 valence electrons. The molecule has 0 saturated carbocycles. The molecule has 3 rings (SSSR count). The highest BCUT2D eigenvalue weighted by Gasteiger charge is 2.12. The largest absolute Gasteiger partial charge is 0.464 e. The monoisotopic (exact) mass is 228 g/mol. The van der Waals surface area contributed by atoms with Crippen LogP contribution >= 0.6 is 0 Å². The first-order chi connectivity index (χ1) is 8.16. The molecule has 0 amide bonds. The number of Topliss-reactive ketones (excluding diaryl/α,β-unsaturated/α-hetero) is 1. The summed E-state index contributed by atoms with van der Waals surface area (Å²) in [5, 5.41) is 1.44. The number of rotatable bonds is 1. The average molecular weight is 228 g/mol. The van der Waals surface area contributed by atoms with Gasteiger partial charge in [0.05, 0.1) is 11.6 Å². The Bertz CT molecular complexity index is 792. The Morgan fingerprint density at radius 1 is 1.24 bits per heavy atom. The molecule has 0 aliphatic rings. The third kappa shape index (κ3) is 1.38. The molecule has 0 spiro atoms. The van der Waals surface area contributed by atoms with Gasteiger partial charge in [0.1, 0.15) is 16.7 Å². The van der Waals surface area contributed by atoms with Crippen LogP contribution in [0.25, 0.3) is 21.9 Å². The minimum absolute atomic E-state index is 0.0698. The highest BCUT2D eigenvalue weighted by molar-refractivity contribution is 6.04. The van der Waals surface area contributed by atoms with E-state index in [2.05, 4.69) is 0 Å². The van der Waals surface area contributed by atoms with Crippen molar-refractivity contribution in [3.8, 4) is 0 Å². The number of furan rings is 1. The van der Waals surface area contributed by atoms with Crippen molar-refractivity contribution in [1.29, 1.82) is 0 Å². The third-order valence-electron chi connectivity index (χ3n) is 2.71. The maximum Gasteiger partial charge on any atom is 0.347 e. The second kappa shape index (κ2) is 3.31. The van der Waals surface area contributed by atoms with Gasteiger partial charge in [0.25, 0.3) is 0 Å². The van der Waals surface area contributed by atoms with Gasteiger partial charge in [-0.15, -0.1) is 0 Å². The minimum Gasteiger partial charge on any atom is -0.464 e. The van der Waals surface area contributed by atoms with Crippen LogP contribution in [0.4, 0.5) is 0 Å². The van der Waals surface area contributed by atoms with Crippen LogP contribution in [0.3, 0.4) is 0 Å². The summed E-state index contributed by atoms with van der Waals surface area (Å²) in [6, 6.07) is 6.82. The van der Waals surface area contributed by atoms with E-state index in [1.165, 1.54) is 13.2 Å². The summed E-state index contributed by atoms with van der Waals surface area (Å²) in [7, 11) is 0. The number of carbonyl (C=O) groups excluding carboxylic acids is 1. The molecule has 0 bridgehead atoms. The maximum atomic E-state index is 11.6. The van der Waals surface area contributed by atoms with Gasteiger partial charge in [0.15, 0.2) is 5.78 Å². The van der Waals surface area contributed by atoms with E-state index in [1.807, 2.05) is 0 Å². The van der Waals surface area contributed by atoms with Gasteiger partial charge in [-0.1, -0.05) is 0 Å². The normalized spacial score (nSPS) is 11.1. The van der Waals surface area contributed by atoms with Gasteiger partial charge in [-0.05, 0) is 31.2 Å². The van der Waals surface area contributed by atoms with Crippen molar-refractivity contribution < 1.29 is 13.6 Å². The molecule has 2 heterocycles. The van der Waals surface area contributed by atoms with Crippen molar-refractivity contribution >= 4 is 27.7 Å². The lowest BCUT2D eigenvalue weighted by molar-refractivity contribution is 0.101. The van der Waals surface area contributed by atoms with Gasteiger partial charge in [-0.3, -0.25) is 4.79 Å². The molecule has 3 aromatic rings. The van der Waals surface area contributed by atoms with E-state index in [1.54, 1.807) is 24.3 Å². The fourth-order valence-electron chi connectivity index (χ4n) is 1.87. The summed E-state index contributed by atoms with van der Waals surface area (Å²) in [4.78, 5) is 22.9. The van der Waals surface area contributed by atoms with Crippen LogP contribution in [0.5, 0.6) is 0 Å². The van der Waals surface area contributed by atoms with Crippen molar-refractivity contribution in [2.45, 2.75) is 6.92 Å². The molecule has 17 heavy (non-hydrogen) atoms. The fraction of sp³-hybridized carbons (Fsp3) is 0.0769. The lowest BCUT2D eigenvalue weighted by atomic mass is 10.1. The zero-order valence-electron chi connectivity index (χ0n) is 9.02. The zero-order chi connectivity index (χ0) is 12.0. The first kappa shape index (κ1) is 9.84. The molecular weight excluding hydrogens is 220 g/mol. The predicted octanol–water partition coefficient (Wildman–Crippen LogP) is 2.74. The fourth-order valence-corrected chi connectivity index (χ4v) is 1.87. The lowest BCUT2D eigenvalue weighted by Gasteiger charge is -1.99. The van der Waals surface area contributed by atoms with E-state index < -0.39 is 5.63 Å². The van der Waals surface area contributed by atoms with Crippen LogP contribution < -0.4 is 5.63 Å². The van der Waals surface area contributed by atoms with Gasteiger partial charge in [0.2, 0.25) is 0 Å². The zero-order valence-corrected chi connectivity index (χ0v) is 9.02. The highest BCUT2D eigenvalue weighted by Crippen LogP contribution is 2.25. The second-order valence-corrected chi connectivity index (χ2v) is 3.82. The first-order valence-electron chi connectivity index (χ1n) is 5.12. The predicted molar refractivity (Wildman–Crippen MR) is 62.3 cm³/mol. The van der Waals surface area contributed by atoms with Gasteiger partial charge in [0, 0.05) is 5.39 Å². The molecule has 0 saturated heterocycles.